The summed E-state index contributed by atoms with van der Waals surface area (Å²) in [5, 5.41) is 8.39. The van der Waals surface area contributed by atoms with E-state index in [1.54, 1.807) is 0 Å². The summed E-state index contributed by atoms with van der Waals surface area (Å²) in [6, 6.07) is 2.04. The Labute approximate surface area is 56.4 Å². The van der Waals surface area contributed by atoms with Crippen LogP contribution >= 0.6 is 0 Å². The van der Waals surface area contributed by atoms with Crippen LogP contribution in [0.1, 0.15) is 19.8 Å². The van der Waals surface area contributed by atoms with Gasteiger partial charge in [-0.25, -0.2) is 0 Å². The second-order valence-corrected chi connectivity index (χ2v) is 1.72. The van der Waals surface area contributed by atoms with Crippen LogP contribution in [-0.4, -0.2) is 12.7 Å². The number of hydrogen-bond donors (Lipinski definition) is 0. The first-order chi connectivity index (χ1) is 4.35. The predicted molar refractivity (Wildman–Crippen MR) is 35.6 cm³/mol. The average Bonchev–Trinajstić information content (AvgIpc) is 1.88. The first-order valence-electron chi connectivity index (χ1n) is 3.15. The molecule has 0 fully saturated rings. The van der Waals surface area contributed by atoms with Crippen molar-refractivity contribution in [3.63, 3.8) is 0 Å². The molecule has 1 radical (unpaired) electrons. The summed E-state index contributed by atoms with van der Waals surface area (Å²) in [7, 11) is 0. The molecule has 2 heteroatoms. The maximum atomic E-state index is 8.39. The topological polar surface area (TPSA) is 33.0 Å². The lowest BCUT2D eigenvalue weighted by Crippen LogP contribution is -2.08. The fourth-order valence-electron chi connectivity index (χ4n) is 0.572. The van der Waals surface area contributed by atoms with Crippen LogP contribution in [0, 0.1) is 18.3 Å². The van der Waals surface area contributed by atoms with Gasteiger partial charge in [-0.3, -0.25) is 0 Å². The highest BCUT2D eigenvalue weighted by atomic mass is 16.5. The molecule has 0 aromatic rings. The number of rotatable bonds is 4. The highest BCUT2D eigenvalue weighted by Crippen LogP contribution is 1.98. The average molecular weight is 126 g/mol. The van der Waals surface area contributed by atoms with Crippen LogP contribution < -0.4 is 0 Å². The minimum atomic E-state index is -0.243. The van der Waals surface area contributed by atoms with E-state index in [0.717, 1.165) is 12.8 Å². The lowest BCUT2D eigenvalue weighted by molar-refractivity contribution is 0.0960. The van der Waals surface area contributed by atoms with Gasteiger partial charge in [0.2, 0.25) is 0 Å². The van der Waals surface area contributed by atoms with Gasteiger partial charge in [-0.2, -0.15) is 5.26 Å². The Kier molecular flexibility index (Phi) is 5.24. The van der Waals surface area contributed by atoms with Crippen LogP contribution in [0.2, 0.25) is 0 Å². The second kappa shape index (κ2) is 5.58. The lowest BCUT2D eigenvalue weighted by atomic mass is 10.2. The van der Waals surface area contributed by atoms with Crippen molar-refractivity contribution in [2.75, 3.05) is 6.61 Å². The number of hydrogen-bond acceptors (Lipinski definition) is 2. The van der Waals surface area contributed by atoms with Crippen molar-refractivity contribution in [2.45, 2.75) is 25.9 Å². The summed E-state index contributed by atoms with van der Waals surface area (Å²) in [6.45, 7) is 6.12. The molecule has 0 aromatic carbocycles. The molecule has 0 heterocycles. The third kappa shape index (κ3) is 3.99. The van der Waals surface area contributed by atoms with Gasteiger partial charge in [-0.05, 0) is 19.8 Å². The number of nitrogens with zero attached hydrogens (tertiary/aromatic N) is 1. The molecule has 0 saturated carbocycles. The lowest BCUT2D eigenvalue weighted by Gasteiger charge is -2.05. The summed E-state index contributed by atoms with van der Waals surface area (Å²) in [4.78, 5) is 0. The second-order valence-electron chi connectivity index (χ2n) is 1.72. The molecular weight excluding hydrogens is 114 g/mol. The van der Waals surface area contributed by atoms with Gasteiger partial charge in [0, 0.05) is 6.61 Å². The molecule has 0 rings (SSSR count). The van der Waals surface area contributed by atoms with Crippen molar-refractivity contribution in [3.8, 4) is 6.07 Å². The minimum absolute atomic E-state index is 0.243. The maximum Gasteiger partial charge on any atom is 0.143 e. The molecule has 0 aliphatic rings. The molecule has 51 valence electrons. The fraction of sp³-hybridized carbons (Fsp3) is 0.714. The van der Waals surface area contributed by atoms with Gasteiger partial charge in [0.05, 0.1) is 6.07 Å². The van der Waals surface area contributed by atoms with E-state index in [1.807, 2.05) is 13.0 Å². The zero-order valence-corrected chi connectivity index (χ0v) is 5.76. The molecule has 0 aliphatic heterocycles. The smallest absolute Gasteiger partial charge is 0.143 e. The highest BCUT2D eigenvalue weighted by molar-refractivity contribution is 4.83. The molecule has 0 aromatic heterocycles. The first-order valence-corrected chi connectivity index (χ1v) is 3.15. The molecule has 0 N–H and O–H groups in total. The summed E-state index contributed by atoms with van der Waals surface area (Å²) in [5.41, 5.74) is 0. The first kappa shape index (κ1) is 8.45. The third-order valence-corrected chi connectivity index (χ3v) is 0.978. The van der Waals surface area contributed by atoms with Gasteiger partial charge in [0.1, 0.15) is 6.10 Å². The fourth-order valence-corrected chi connectivity index (χ4v) is 0.572. The quantitative estimate of drug-likeness (QED) is 0.572. The summed E-state index contributed by atoms with van der Waals surface area (Å²) >= 11 is 0. The van der Waals surface area contributed by atoms with Gasteiger partial charge in [-0.15, -0.1) is 0 Å². The van der Waals surface area contributed by atoms with Crippen molar-refractivity contribution >= 4 is 0 Å². The minimum Gasteiger partial charge on any atom is -0.364 e. The summed E-state index contributed by atoms with van der Waals surface area (Å²) in [5.74, 6) is 0. The molecule has 2 nitrogen and oxygen atoms in total. The van der Waals surface area contributed by atoms with E-state index in [-0.39, 0.29) is 6.10 Å². The van der Waals surface area contributed by atoms with E-state index in [2.05, 4.69) is 6.92 Å². The summed E-state index contributed by atoms with van der Waals surface area (Å²) < 4.78 is 5.03. The molecule has 1 unspecified atom stereocenters. The van der Waals surface area contributed by atoms with Crippen LogP contribution in [0.15, 0.2) is 0 Å². The van der Waals surface area contributed by atoms with Crippen molar-refractivity contribution in [1.29, 1.82) is 5.26 Å². The van der Waals surface area contributed by atoms with Gasteiger partial charge in [-0.1, -0.05) is 6.92 Å². The Morgan fingerprint density at radius 3 is 2.78 bits per heavy atom. The van der Waals surface area contributed by atoms with Crippen molar-refractivity contribution in [3.05, 3.63) is 6.92 Å². The van der Waals surface area contributed by atoms with Crippen LogP contribution in [0.25, 0.3) is 0 Å². The number of nitriles is 1. The maximum absolute atomic E-state index is 8.39. The van der Waals surface area contributed by atoms with Gasteiger partial charge < -0.3 is 4.74 Å². The molecule has 0 aliphatic carbocycles. The van der Waals surface area contributed by atoms with Crippen LogP contribution in [0.3, 0.4) is 0 Å². The van der Waals surface area contributed by atoms with Crippen LogP contribution in [-0.2, 0) is 4.74 Å². The van der Waals surface area contributed by atoms with E-state index in [4.69, 9.17) is 10.00 Å². The van der Waals surface area contributed by atoms with E-state index >= 15 is 0 Å². The Bertz CT molecular complexity index is 89.6. The molecule has 0 spiro atoms. The number of ether oxygens (including phenoxy) is 1. The van der Waals surface area contributed by atoms with Gasteiger partial charge >= 0.3 is 0 Å². The monoisotopic (exact) mass is 126 g/mol. The van der Waals surface area contributed by atoms with Crippen molar-refractivity contribution in [2.24, 2.45) is 0 Å². The van der Waals surface area contributed by atoms with Crippen molar-refractivity contribution < 1.29 is 4.74 Å². The van der Waals surface area contributed by atoms with E-state index in [0.29, 0.717) is 6.61 Å². The highest BCUT2D eigenvalue weighted by Gasteiger charge is 2.02. The molecule has 9 heavy (non-hydrogen) atoms. The van der Waals surface area contributed by atoms with E-state index in [1.165, 1.54) is 0 Å². The Hall–Kier alpha value is -0.550. The SMILES string of the molecule is [CH2]CCC(C#N)OCC. The van der Waals surface area contributed by atoms with Crippen LogP contribution in [0.5, 0.6) is 0 Å². The Morgan fingerprint density at radius 1 is 1.78 bits per heavy atom. The third-order valence-electron chi connectivity index (χ3n) is 0.978. The van der Waals surface area contributed by atoms with Crippen molar-refractivity contribution in [1.82, 2.24) is 0 Å². The Morgan fingerprint density at radius 2 is 2.44 bits per heavy atom. The molecule has 0 bridgehead atoms. The summed E-state index contributed by atoms with van der Waals surface area (Å²) in [6.07, 6.45) is 1.26. The van der Waals surface area contributed by atoms with E-state index in [9.17, 15) is 0 Å². The van der Waals surface area contributed by atoms with Gasteiger partial charge in [0.15, 0.2) is 0 Å². The largest absolute Gasteiger partial charge is 0.364 e. The zero-order chi connectivity index (χ0) is 7.11. The van der Waals surface area contributed by atoms with Gasteiger partial charge in [0.25, 0.3) is 0 Å². The predicted octanol–water partition coefficient (Wildman–Crippen LogP) is 1.53. The zero-order valence-electron chi connectivity index (χ0n) is 5.76. The molecular formula is C7H12NO. The molecule has 1 atom stereocenters. The van der Waals surface area contributed by atoms with E-state index < -0.39 is 0 Å². The molecule has 0 saturated heterocycles. The normalized spacial score (nSPS) is 12.6. The molecule has 0 amide bonds. The standard InChI is InChI=1S/C7H12NO/c1-3-5-7(6-8)9-4-2/h7H,1,3-5H2,2H3. The Balaban J connectivity index is 3.32. The van der Waals surface area contributed by atoms with Crippen LogP contribution in [0.4, 0.5) is 0 Å².